The van der Waals surface area contributed by atoms with E-state index in [1.54, 1.807) is 18.4 Å². The first-order valence-corrected chi connectivity index (χ1v) is 9.06. The summed E-state index contributed by atoms with van der Waals surface area (Å²) in [6.45, 7) is 0. The van der Waals surface area contributed by atoms with E-state index in [9.17, 15) is 8.94 Å². The van der Waals surface area contributed by atoms with Crippen LogP contribution in [0, 0.1) is 5.82 Å². The van der Waals surface area contributed by atoms with E-state index in [0.29, 0.717) is 18.0 Å². The third-order valence-electron chi connectivity index (χ3n) is 3.59. The summed E-state index contributed by atoms with van der Waals surface area (Å²) < 4.78 is 24.5. The topological polar surface area (TPSA) is 51.7 Å². The molecule has 0 aliphatic rings. The molecule has 0 spiro atoms. The highest BCUT2D eigenvalue weighted by Crippen LogP contribution is 2.26. The van der Waals surface area contributed by atoms with Crippen molar-refractivity contribution in [2.24, 2.45) is 0 Å². The van der Waals surface area contributed by atoms with Crippen LogP contribution in [0.1, 0.15) is 5.69 Å². The molecule has 3 nitrogen and oxygen atoms in total. The van der Waals surface area contributed by atoms with Gasteiger partial charge in [-0.1, -0.05) is 41.5 Å². The maximum atomic E-state index is 13.1. The molecule has 0 amide bonds. The van der Waals surface area contributed by atoms with Crippen LogP contribution < -0.4 is 0 Å². The van der Waals surface area contributed by atoms with Crippen molar-refractivity contribution in [3.05, 3.63) is 66.1 Å². The minimum atomic E-state index is -0.873. The van der Waals surface area contributed by atoms with Crippen molar-refractivity contribution in [1.82, 2.24) is 9.97 Å². The van der Waals surface area contributed by atoms with Crippen LogP contribution in [0.15, 0.2) is 54.6 Å². The van der Waals surface area contributed by atoms with Crippen LogP contribution in [-0.2, 0) is 17.6 Å². The van der Waals surface area contributed by atoms with Gasteiger partial charge < -0.3 is 9.54 Å². The third kappa shape index (κ3) is 3.81. The van der Waals surface area contributed by atoms with Crippen molar-refractivity contribution in [1.29, 1.82) is 0 Å². The molecule has 0 saturated heterocycles. The first-order valence-electron chi connectivity index (χ1n) is 7.34. The number of rotatable bonds is 5. The Labute approximate surface area is 137 Å². The second-order valence-corrected chi connectivity index (χ2v) is 6.86. The average molecular weight is 328 g/mol. The predicted octanol–water partition coefficient (Wildman–Crippen LogP) is 3.80. The van der Waals surface area contributed by atoms with Gasteiger partial charge in [0.2, 0.25) is 0 Å². The lowest BCUT2D eigenvalue weighted by Gasteiger charge is -2.05. The van der Waals surface area contributed by atoms with E-state index in [4.69, 9.17) is 0 Å². The SMILES string of the molecule is C[S+]([O-])CCc1nc(-c2ccc(F)cc2)[nH]c1-c1ccccc1. The van der Waals surface area contributed by atoms with Gasteiger partial charge in [0.05, 0.1) is 17.6 Å². The molecule has 5 heteroatoms. The summed E-state index contributed by atoms with van der Waals surface area (Å²) in [7, 11) is 0. The lowest BCUT2D eigenvalue weighted by molar-refractivity contribution is 0.600. The number of aromatic nitrogens is 2. The van der Waals surface area contributed by atoms with Crippen molar-refractivity contribution >= 4 is 11.2 Å². The van der Waals surface area contributed by atoms with Gasteiger partial charge in [0.15, 0.2) is 0 Å². The zero-order valence-electron chi connectivity index (χ0n) is 12.8. The van der Waals surface area contributed by atoms with Crippen molar-refractivity contribution in [2.75, 3.05) is 12.0 Å². The fourth-order valence-corrected chi connectivity index (χ4v) is 2.90. The molecule has 3 aromatic rings. The number of imidazole rings is 1. The largest absolute Gasteiger partial charge is 0.617 e. The first-order chi connectivity index (χ1) is 11.1. The quantitative estimate of drug-likeness (QED) is 0.724. The van der Waals surface area contributed by atoms with E-state index in [-0.39, 0.29) is 5.82 Å². The van der Waals surface area contributed by atoms with Crippen molar-refractivity contribution in [2.45, 2.75) is 6.42 Å². The van der Waals surface area contributed by atoms with Crippen LogP contribution in [0.4, 0.5) is 4.39 Å². The Balaban J connectivity index is 2.00. The van der Waals surface area contributed by atoms with Gasteiger partial charge >= 0.3 is 0 Å². The molecule has 1 N–H and O–H groups in total. The van der Waals surface area contributed by atoms with E-state index < -0.39 is 11.2 Å². The number of aromatic amines is 1. The minimum Gasteiger partial charge on any atom is -0.617 e. The van der Waals surface area contributed by atoms with E-state index in [1.165, 1.54) is 12.1 Å². The minimum absolute atomic E-state index is 0.273. The first kappa shape index (κ1) is 15.8. The molecular weight excluding hydrogens is 311 g/mol. The molecule has 0 aliphatic carbocycles. The maximum absolute atomic E-state index is 13.1. The second-order valence-electron chi connectivity index (χ2n) is 5.31. The number of hydrogen-bond acceptors (Lipinski definition) is 2. The summed E-state index contributed by atoms with van der Waals surface area (Å²) >= 11 is -0.873. The van der Waals surface area contributed by atoms with Crippen LogP contribution in [0.3, 0.4) is 0 Å². The second kappa shape index (κ2) is 6.98. The van der Waals surface area contributed by atoms with E-state index in [1.807, 2.05) is 30.3 Å². The van der Waals surface area contributed by atoms with Gasteiger partial charge in [0.1, 0.15) is 17.4 Å². The van der Waals surface area contributed by atoms with Crippen molar-refractivity contribution in [3.8, 4) is 22.6 Å². The number of nitrogens with one attached hydrogen (secondary N) is 1. The Morgan fingerprint density at radius 2 is 1.74 bits per heavy atom. The summed E-state index contributed by atoms with van der Waals surface area (Å²) in [5.41, 5.74) is 3.67. The zero-order valence-corrected chi connectivity index (χ0v) is 13.6. The van der Waals surface area contributed by atoms with Crippen LogP contribution in [0.25, 0.3) is 22.6 Å². The molecule has 1 unspecified atom stereocenters. The fourth-order valence-electron chi connectivity index (χ4n) is 2.42. The Morgan fingerprint density at radius 3 is 2.39 bits per heavy atom. The predicted molar refractivity (Wildman–Crippen MR) is 92.1 cm³/mol. The van der Waals surface area contributed by atoms with Gasteiger partial charge in [-0.2, -0.15) is 0 Å². The molecule has 3 rings (SSSR count). The summed E-state index contributed by atoms with van der Waals surface area (Å²) in [6.07, 6.45) is 2.32. The van der Waals surface area contributed by atoms with E-state index >= 15 is 0 Å². The molecule has 0 bridgehead atoms. The van der Waals surface area contributed by atoms with Gasteiger partial charge in [0, 0.05) is 12.0 Å². The van der Waals surface area contributed by atoms with Gasteiger partial charge in [-0.25, -0.2) is 9.37 Å². The van der Waals surface area contributed by atoms with Gasteiger partial charge in [-0.15, -0.1) is 0 Å². The van der Waals surface area contributed by atoms with Gasteiger partial charge in [-0.3, -0.25) is 0 Å². The van der Waals surface area contributed by atoms with Crippen molar-refractivity contribution in [3.63, 3.8) is 0 Å². The molecule has 0 aliphatic heterocycles. The van der Waals surface area contributed by atoms with Crippen LogP contribution in [0.5, 0.6) is 0 Å². The number of aryl methyl sites for hydroxylation is 1. The normalized spacial score (nSPS) is 12.3. The monoisotopic (exact) mass is 328 g/mol. The maximum Gasteiger partial charge on any atom is 0.138 e. The highest BCUT2D eigenvalue weighted by atomic mass is 32.2. The molecule has 1 atom stereocenters. The lowest BCUT2D eigenvalue weighted by Crippen LogP contribution is -2.06. The molecule has 0 fully saturated rings. The van der Waals surface area contributed by atoms with Crippen LogP contribution >= 0.6 is 0 Å². The molecule has 1 aromatic heterocycles. The highest BCUT2D eigenvalue weighted by Gasteiger charge is 2.14. The van der Waals surface area contributed by atoms with E-state index in [2.05, 4.69) is 9.97 Å². The molecule has 1 heterocycles. The Hall–Kier alpha value is -2.11. The number of halogens is 1. The number of hydrogen-bond donors (Lipinski definition) is 1. The van der Waals surface area contributed by atoms with Crippen LogP contribution in [0.2, 0.25) is 0 Å². The number of benzene rings is 2. The zero-order chi connectivity index (χ0) is 16.2. The van der Waals surface area contributed by atoms with Gasteiger partial charge in [0.25, 0.3) is 0 Å². The molecule has 23 heavy (non-hydrogen) atoms. The Bertz CT molecular complexity index is 769. The molecule has 0 radical (unpaired) electrons. The third-order valence-corrected chi connectivity index (χ3v) is 4.36. The van der Waals surface area contributed by atoms with Crippen LogP contribution in [-0.4, -0.2) is 26.5 Å². The molecule has 118 valence electrons. The molecule has 0 saturated carbocycles. The lowest BCUT2D eigenvalue weighted by atomic mass is 10.1. The smallest absolute Gasteiger partial charge is 0.138 e. The van der Waals surface area contributed by atoms with E-state index in [0.717, 1.165) is 22.5 Å². The Morgan fingerprint density at radius 1 is 1.04 bits per heavy atom. The Kier molecular flexibility index (Phi) is 4.79. The summed E-state index contributed by atoms with van der Waals surface area (Å²) in [4.78, 5) is 7.97. The standard InChI is InChI=1S/C18H17FN2OS/c1-23(22)12-11-16-17(13-5-3-2-4-6-13)21-18(20-16)14-7-9-15(19)10-8-14/h2-10H,11-12H2,1H3,(H,20,21). The summed E-state index contributed by atoms with van der Waals surface area (Å²) in [5.74, 6) is 0.985. The number of nitrogens with zero attached hydrogens (tertiary/aromatic N) is 1. The summed E-state index contributed by atoms with van der Waals surface area (Å²) in [5, 5.41) is 0. The summed E-state index contributed by atoms with van der Waals surface area (Å²) in [6, 6.07) is 16.1. The highest BCUT2D eigenvalue weighted by molar-refractivity contribution is 7.90. The number of H-pyrrole nitrogens is 1. The molecule has 2 aromatic carbocycles. The van der Waals surface area contributed by atoms with Gasteiger partial charge in [-0.05, 0) is 29.8 Å². The molecular formula is C18H17FN2OS. The average Bonchev–Trinajstić information content (AvgIpc) is 2.98. The fraction of sp³-hybridized carbons (Fsp3) is 0.167. The van der Waals surface area contributed by atoms with Crippen molar-refractivity contribution < 1.29 is 8.94 Å².